The minimum absolute atomic E-state index is 0.214. The number of aliphatic hydroxyl groups is 1. The van der Waals surface area contributed by atoms with Gasteiger partial charge in [-0.05, 0) is 19.3 Å². The predicted molar refractivity (Wildman–Crippen MR) is 49.2 cm³/mol. The third kappa shape index (κ3) is 2.99. The number of hydrogen-bond donors (Lipinski definition) is 1. The lowest BCUT2D eigenvalue weighted by atomic mass is 9.87. The molecule has 0 spiro atoms. The second-order valence-corrected chi connectivity index (χ2v) is 3.63. The molecular weight excluding hydrogens is 168 g/mol. The number of aliphatic hydroxyl groups excluding tert-OH is 1. The zero-order chi connectivity index (χ0) is 9.68. The van der Waals surface area contributed by atoms with E-state index in [1.54, 1.807) is 0 Å². The van der Waals surface area contributed by atoms with Crippen LogP contribution in [0.5, 0.6) is 0 Å². The van der Waals surface area contributed by atoms with Gasteiger partial charge in [0.15, 0.2) is 0 Å². The van der Waals surface area contributed by atoms with Crippen LogP contribution in [-0.2, 0) is 9.53 Å². The van der Waals surface area contributed by atoms with Crippen LogP contribution in [0, 0.1) is 5.92 Å². The van der Waals surface area contributed by atoms with Crippen molar-refractivity contribution < 1.29 is 14.6 Å². The molecule has 0 aromatic heterocycles. The Balaban J connectivity index is 2.35. The van der Waals surface area contributed by atoms with E-state index in [0.717, 1.165) is 32.1 Å². The van der Waals surface area contributed by atoms with Gasteiger partial charge in [0, 0.05) is 0 Å². The molecule has 3 heteroatoms. The minimum Gasteiger partial charge on any atom is -0.465 e. The summed E-state index contributed by atoms with van der Waals surface area (Å²) >= 11 is 0. The molecule has 1 aliphatic rings. The predicted octanol–water partition coefficient (Wildman–Crippen LogP) is 1.49. The van der Waals surface area contributed by atoms with Gasteiger partial charge >= 0.3 is 5.97 Å². The van der Waals surface area contributed by atoms with Gasteiger partial charge in [-0.2, -0.15) is 0 Å². The zero-order valence-corrected chi connectivity index (χ0v) is 8.16. The van der Waals surface area contributed by atoms with Crippen LogP contribution >= 0.6 is 0 Å². The van der Waals surface area contributed by atoms with E-state index in [0.29, 0.717) is 6.61 Å². The maximum atomic E-state index is 11.4. The van der Waals surface area contributed by atoms with Crippen LogP contribution in [0.15, 0.2) is 0 Å². The monoisotopic (exact) mass is 186 g/mol. The van der Waals surface area contributed by atoms with Gasteiger partial charge < -0.3 is 9.84 Å². The molecule has 2 atom stereocenters. The van der Waals surface area contributed by atoms with Gasteiger partial charge in [0.05, 0.1) is 18.6 Å². The fourth-order valence-corrected chi connectivity index (χ4v) is 1.70. The highest BCUT2D eigenvalue weighted by Gasteiger charge is 2.30. The summed E-state index contributed by atoms with van der Waals surface area (Å²) in [5.41, 5.74) is 0. The Morgan fingerprint density at radius 1 is 1.46 bits per heavy atom. The molecule has 13 heavy (non-hydrogen) atoms. The first kappa shape index (κ1) is 10.5. The lowest BCUT2D eigenvalue weighted by Gasteiger charge is -2.25. The topological polar surface area (TPSA) is 46.5 Å². The number of carbonyl (C=O) groups is 1. The molecule has 1 saturated carbocycles. The van der Waals surface area contributed by atoms with Gasteiger partial charge in [0.1, 0.15) is 0 Å². The summed E-state index contributed by atoms with van der Waals surface area (Å²) < 4.78 is 5.00. The van der Waals surface area contributed by atoms with E-state index < -0.39 is 6.10 Å². The third-order valence-electron chi connectivity index (χ3n) is 2.48. The van der Waals surface area contributed by atoms with Crippen molar-refractivity contribution in [3.05, 3.63) is 0 Å². The Morgan fingerprint density at radius 3 is 2.77 bits per heavy atom. The smallest absolute Gasteiger partial charge is 0.311 e. The summed E-state index contributed by atoms with van der Waals surface area (Å²) in [6.07, 6.45) is 3.95. The van der Waals surface area contributed by atoms with Gasteiger partial charge in [0.2, 0.25) is 0 Å². The van der Waals surface area contributed by atoms with E-state index in [1.165, 1.54) is 0 Å². The fraction of sp³-hybridized carbons (Fsp3) is 0.900. The van der Waals surface area contributed by atoms with Crippen LogP contribution in [0.4, 0.5) is 0 Å². The molecule has 0 aromatic rings. The number of hydrogen-bond acceptors (Lipinski definition) is 3. The van der Waals surface area contributed by atoms with Crippen molar-refractivity contribution in [2.24, 2.45) is 5.92 Å². The first-order chi connectivity index (χ1) is 6.25. The van der Waals surface area contributed by atoms with E-state index >= 15 is 0 Å². The average Bonchev–Trinajstić information content (AvgIpc) is 2.15. The molecule has 1 N–H and O–H groups in total. The number of carbonyl (C=O) groups excluding carboxylic acids is 1. The highest BCUT2D eigenvalue weighted by molar-refractivity contribution is 5.73. The van der Waals surface area contributed by atoms with Crippen LogP contribution in [-0.4, -0.2) is 23.8 Å². The molecule has 0 aliphatic heterocycles. The van der Waals surface area contributed by atoms with Gasteiger partial charge in [-0.15, -0.1) is 0 Å². The van der Waals surface area contributed by atoms with Gasteiger partial charge in [-0.1, -0.05) is 19.8 Å². The molecule has 0 bridgehead atoms. The number of rotatable bonds is 3. The standard InChI is InChI=1S/C10H18O3/c1-2-7-13-10(12)8-5-3-4-6-9(8)11/h8-9,11H,2-7H2,1H3. The zero-order valence-electron chi connectivity index (χ0n) is 8.16. The van der Waals surface area contributed by atoms with Gasteiger partial charge in [-0.25, -0.2) is 0 Å². The maximum Gasteiger partial charge on any atom is 0.311 e. The van der Waals surface area contributed by atoms with E-state index in [9.17, 15) is 9.90 Å². The third-order valence-corrected chi connectivity index (χ3v) is 2.48. The molecule has 1 rings (SSSR count). The molecule has 0 amide bonds. The molecule has 2 unspecified atom stereocenters. The normalized spacial score (nSPS) is 28.5. The molecule has 1 fully saturated rings. The van der Waals surface area contributed by atoms with Crippen LogP contribution < -0.4 is 0 Å². The van der Waals surface area contributed by atoms with Crippen molar-refractivity contribution in [3.63, 3.8) is 0 Å². The first-order valence-electron chi connectivity index (χ1n) is 5.10. The quantitative estimate of drug-likeness (QED) is 0.679. The molecule has 0 aromatic carbocycles. The highest BCUT2D eigenvalue weighted by Crippen LogP contribution is 2.25. The van der Waals surface area contributed by atoms with E-state index in [4.69, 9.17) is 4.74 Å². The van der Waals surface area contributed by atoms with E-state index in [2.05, 4.69) is 0 Å². The van der Waals surface area contributed by atoms with Gasteiger partial charge in [-0.3, -0.25) is 4.79 Å². The summed E-state index contributed by atoms with van der Waals surface area (Å²) in [5, 5.41) is 9.54. The van der Waals surface area contributed by atoms with Crippen molar-refractivity contribution in [1.82, 2.24) is 0 Å². The SMILES string of the molecule is CCCOC(=O)C1CCCCC1O. The minimum atomic E-state index is -0.474. The second kappa shape index (κ2) is 5.22. The number of esters is 1. The van der Waals surface area contributed by atoms with Gasteiger partial charge in [0.25, 0.3) is 0 Å². The Kier molecular flexibility index (Phi) is 4.22. The van der Waals surface area contributed by atoms with Crippen molar-refractivity contribution in [2.75, 3.05) is 6.61 Å². The van der Waals surface area contributed by atoms with Crippen LogP contribution in [0.1, 0.15) is 39.0 Å². The van der Waals surface area contributed by atoms with E-state index in [-0.39, 0.29) is 11.9 Å². The van der Waals surface area contributed by atoms with Crippen molar-refractivity contribution in [2.45, 2.75) is 45.1 Å². The Hall–Kier alpha value is -0.570. The average molecular weight is 186 g/mol. The molecular formula is C10H18O3. The second-order valence-electron chi connectivity index (χ2n) is 3.63. The molecule has 0 saturated heterocycles. The summed E-state index contributed by atoms with van der Waals surface area (Å²) in [5.74, 6) is -0.477. The molecule has 76 valence electrons. The number of ether oxygens (including phenoxy) is 1. The van der Waals surface area contributed by atoms with Crippen molar-refractivity contribution in [1.29, 1.82) is 0 Å². The van der Waals surface area contributed by atoms with Crippen LogP contribution in [0.2, 0.25) is 0 Å². The largest absolute Gasteiger partial charge is 0.465 e. The lowest BCUT2D eigenvalue weighted by Crippen LogP contribution is -2.32. The molecule has 1 aliphatic carbocycles. The van der Waals surface area contributed by atoms with E-state index in [1.807, 2.05) is 6.92 Å². The maximum absolute atomic E-state index is 11.4. The van der Waals surface area contributed by atoms with Crippen LogP contribution in [0.3, 0.4) is 0 Å². The summed E-state index contributed by atoms with van der Waals surface area (Å²) in [6.45, 7) is 2.44. The first-order valence-corrected chi connectivity index (χ1v) is 5.10. The highest BCUT2D eigenvalue weighted by atomic mass is 16.5. The Morgan fingerprint density at radius 2 is 2.15 bits per heavy atom. The van der Waals surface area contributed by atoms with Crippen LogP contribution in [0.25, 0.3) is 0 Å². The lowest BCUT2D eigenvalue weighted by molar-refractivity contribution is -0.154. The molecule has 3 nitrogen and oxygen atoms in total. The van der Waals surface area contributed by atoms with Crippen molar-refractivity contribution in [3.8, 4) is 0 Å². The summed E-state index contributed by atoms with van der Waals surface area (Å²) in [4.78, 5) is 11.4. The Bertz CT molecular complexity index is 168. The Labute approximate surface area is 79.1 Å². The molecule has 0 radical (unpaired) electrons. The fourth-order valence-electron chi connectivity index (χ4n) is 1.70. The summed E-state index contributed by atoms with van der Waals surface area (Å²) in [7, 11) is 0. The summed E-state index contributed by atoms with van der Waals surface area (Å²) in [6, 6.07) is 0. The van der Waals surface area contributed by atoms with Crippen molar-refractivity contribution >= 4 is 5.97 Å². The molecule has 0 heterocycles.